The number of carboxylic acid groups (broad SMARTS) is 1. The number of rotatable bonds is 6. The van der Waals surface area contributed by atoms with E-state index < -0.39 is 17.8 Å². The summed E-state index contributed by atoms with van der Waals surface area (Å²) in [5.74, 6) is -1.00. The van der Waals surface area contributed by atoms with Gasteiger partial charge in [0.1, 0.15) is 6.10 Å². The fraction of sp³-hybridized carbons (Fsp3) is 0.920. The van der Waals surface area contributed by atoms with Crippen LogP contribution in [0.15, 0.2) is 0 Å². The molecule has 2 fully saturated rings. The van der Waals surface area contributed by atoms with E-state index in [1.807, 2.05) is 0 Å². The molecule has 2 aliphatic rings. The molecule has 168 valence electrons. The molecule has 2 aliphatic carbocycles. The normalized spacial score (nSPS) is 29.9. The van der Waals surface area contributed by atoms with E-state index in [0.29, 0.717) is 24.2 Å². The van der Waals surface area contributed by atoms with Crippen molar-refractivity contribution in [3.8, 4) is 0 Å². The van der Waals surface area contributed by atoms with Crippen LogP contribution in [-0.2, 0) is 14.3 Å². The van der Waals surface area contributed by atoms with Crippen LogP contribution in [0, 0.1) is 34.5 Å². The van der Waals surface area contributed by atoms with Crippen molar-refractivity contribution in [2.45, 2.75) is 112 Å². The summed E-state index contributed by atoms with van der Waals surface area (Å²) in [4.78, 5) is 24.7. The van der Waals surface area contributed by atoms with E-state index in [0.717, 1.165) is 44.4 Å². The number of carboxylic acids is 1. The summed E-state index contributed by atoms with van der Waals surface area (Å²) in [5.41, 5.74) is 0.529. The van der Waals surface area contributed by atoms with Crippen LogP contribution in [0.1, 0.15) is 106 Å². The summed E-state index contributed by atoms with van der Waals surface area (Å²) in [6, 6.07) is 0. The van der Waals surface area contributed by atoms with Gasteiger partial charge in [0.15, 0.2) is 0 Å². The molecule has 0 heterocycles. The van der Waals surface area contributed by atoms with Gasteiger partial charge in [0.25, 0.3) is 0 Å². The van der Waals surface area contributed by atoms with Crippen LogP contribution in [-0.4, -0.2) is 23.1 Å². The first-order valence-electron chi connectivity index (χ1n) is 11.8. The lowest BCUT2D eigenvalue weighted by Crippen LogP contribution is -2.39. The molecule has 3 unspecified atom stereocenters. The van der Waals surface area contributed by atoms with Gasteiger partial charge in [-0.25, -0.2) is 0 Å². The first-order valence-corrected chi connectivity index (χ1v) is 11.8. The standard InChI is InChI=1S/C25H44O4/c1-24(2,3)16-15-21(17-11-13-18(14-12-17)25(4,5)6)29-23(28)20-10-8-7-9-19(20)22(26)27/h17-21H,7-16H2,1-6H3,(H,26,27). The van der Waals surface area contributed by atoms with Crippen molar-refractivity contribution in [1.82, 2.24) is 0 Å². The molecule has 0 aromatic carbocycles. The van der Waals surface area contributed by atoms with E-state index >= 15 is 0 Å². The fourth-order valence-electron chi connectivity index (χ4n) is 5.27. The minimum Gasteiger partial charge on any atom is -0.481 e. The Bertz CT molecular complexity index is 546. The molecule has 0 bridgehead atoms. The van der Waals surface area contributed by atoms with Gasteiger partial charge >= 0.3 is 11.9 Å². The van der Waals surface area contributed by atoms with Crippen LogP contribution < -0.4 is 0 Å². The SMILES string of the molecule is CC(C)(C)CCC(OC(=O)C1CCCCC1C(=O)O)C1CCC(C(C)(C)C)CC1. The third-order valence-electron chi connectivity index (χ3n) is 7.35. The van der Waals surface area contributed by atoms with E-state index in [1.54, 1.807) is 0 Å². The second kappa shape index (κ2) is 9.83. The topological polar surface area (TPSA) is 63.6 Å². The lowest BCUT2D eigenvalue weighted by Gasteiger charge is -2.40. The summed E-state index contributed by atoms with van der Waals surface area (Å²) < 4.78 is 6.12. The number of hydrogen-bond acceptors (Lipinski definition) is 3. The van der Waals surface area contributed by atoms with Crippen molar-refractivity contribution in [2.75, 3.05) is 0 Å². The zero-order valence-corrected chi connectivity index (χ0v) is 19.6. The van der Waals surface area contributed by atoms with Crippen molar-refractivity contribution < 1.29 is 19.4 Å². The maximum absolute atomic E-state index is 13.0. The van der Waals surface area contributed by atoms with Crippen molar-refractivity contribution >= 4 is 11.9 Å². The van der Waals surface area contributed by atoms with Gasteiger partial charge in [0.05, 0.1) is 11.8 Å². The minimum atomic E-state index is -0.844. The van der Waals surface area contributed by atoms with Gasteiger partial charge in [-0.2, -0.15) is 0 Å². The summed E-state index contributed by atoms with van der Waals surface area (Å²) in [5, 5.41) is 9.55. The molecule has 0 amide bonds. The number of hydrogen-bond donors (Lipinski definition) is 1. The average molecular weight is 409 g/mol. The molecule has 4 nitrogen and oxygen atoms in total. The fourth-order valence-corrected chi connectivity index (χ4v) is 5.27. The zero-order valence-electron chi connectivity index (χ0n) is 19.6. The molecule has 1 N–H and O–H groups in total. The molecule has 0 aromatic rings. The predicted molar refractivity (Wildman–Crippen MR) is 117 cm³/mol. The molecule has 0 aromatic heterocycles. The van der Waals surface area contributed by atoms with Crippen LogP contribution in [0.3, 0.4) is 0 Å². The van der Waals surface area contributed by atoms with Gasteiger partial charge in [0.2, 0.25) is 0 Å². The summed E-state index contributed by atoms with van der Waals surface area (Å²) in [6.45, 7) is 13.6. The van der Waals surface area contributed by atoms with E-state index in [4.69, 9.17) is 4.74 Å². The second-order valence-electron chi connectivity index (χ2n) is 11.9. The van der Waals surface area contributed by atoms with Crippen molar-refractivity contribution in [2.24, 2.45) is 34.5 Å². The summed E-state index contributed by atoms with van der Waals surface area (Å²) in [7, 11) is 0. The summed E-state index contributed by atoms with van der Waals surface area (Å²) in [6.07, 6.45) is 9.49. The maximum Gasteiger partial charge on any atom is 0.310 e. The lowest BCUT2D eigenvalue weighted by molar-refractivity contribution is -0.167. The minimum absolute atomic E-state index is 0.0704. The Morgan fingerprint density at radius 3 is 1.93 bits per heavy atom. The molecule has 0 radical (unpaired) electrons. The maximum atomic E-state index is 13.0. The Hall–Kier alpha value is -1.06. The molecule has 3 atom stereocenters. The Balaban J connectivity index is 2.05. The highest BCUT2D eigenvalue weighted by molar-refractivity contribution is 5.81. The van der Waals surface area contributed by atoms with Crippen LogP contribution in [0.4, 0.5) is 0 Å². The highest BCUT2D eigenvalue weighted by Gasteiger charge is 2.40. The van der Waals surface area contributed by atoms with Gasteiger partial charge in [-0.15, -0.1) is 0 Å². The van der Waals surface area contributed by atoms with Crippen molar-refractivity contribution in [3.63, 3.8) is 0 Å². The number of carbonyl (C=O) groups is 2. The number of aliphatic carboxylic acids is 1. The smallest absolute Gasteiger partial charge is 0.310 e. The number of carbonyl (C=O) groups excluding carboxylic acids is 1. The van der Waals surface area contributed by atoms with Crippen LogP contribution in [0.25, 0.3) is 0 Å². The number of ether oxygens (including phenoxy) is 1. The summed E-state index contributed by atoms with van der Waals surface area (Å²) >= 11 is 0. The first kappa shape index (κ1) is 24.2. The van der Waals surface area contributed by atoms with E-state index in [-0.39, 0.29) is 17.5 Å². The van der Waals surface area contributed by atoms with Crippen LogP contribution >= 0.6 is 0 Å². The largest absolute Gasteiger partial charge is 0.481 e. The van der Waals surface area contributed by atoms with Gasteiger partial charge in [-0.1, -0.05) is 54.4 Å². The average Bonchev–Trinajstić information content (AvgIpc) is 2.63. The Morgan fingerprint density at radius 1 is 0.897 bits per heavy atom. The van der Waals surface area contributed by atoms with Gasteiger partial charge in [-0.05, 0) is 74.0 Å². The second-order valence-corrected chi connectivity index (χ2v) is 11.9. The third kappa shape index (κ3) is 7.29. The van der Waals surface area contributed by atoms with Crippen molar-refractivity contribution in [3.05, 3.63) is 0 Å². The zero-order chi connectivity index (χ0) is 21.8. The van der Waals surface area contributed by atoms with E-state index in [9.17, 15) is 14.7 Å². The molecule has 29 heavy (non-hydrogen) atoms. The third-order valence-corrected chi connectivity index (χ3v) is 7.35. The predicted octanol–water partition coefficient (Wildman–Crippen LogP) is 6.47. The quantitative estimate of drug-likeness (QED) is 0.512. The lowest BCUT2D eigenvalue weighted by atomic mass is 9.68. The highest BCUT2D eigenvalue weighted by atomic mass is 16.5. The molecule has 0 spiro atoms. The molecule has 0 saturated heterocycles. The van der Waals surface area contributed by atoms with E-state index in [2.05, 4.69) is 41.5 Å². The van der Waals surface area contributed by atoms with Gasteiger partial charge in [-0.3, -0.25) is 9.59 Å². The Labute approximate surface area is 178 Å². The van der Waals surface area contributed by atoms with Crippen LogP contribution in [0.5, 0.6) is 0 Å². The van der Waals surface area contributed by atoms with Crippen molar-refractivity contribution in [1.29, 1.82) is 0 Å². The van der Waals surface area contributed by atoms with Gasteiger partial charge < -0.3 is 9.84 Å². The highest BCUT2D eigenvalue weighted by Crippen LogP contribution is 2.43. The number of esters is 1. The molecular formula is C25H44O4. The monoisotopic (exact) mass is 408 g/mol. The Morgan fingerprint density at radius 2 is 1.45 bits per heavy atom. The molecule has 0 aliphatic heterocycles. The first-order chi connectivity index (χ1) is 13.4. The molecule has 2 saturated carbocycles. The van der Waals surface area contributed by atoms with Crippen LogP contribution in [0.2, 0.25) is 0 Å². The Kier molecular flexibility index (Phi) is 8.21. The van der Waals surface area contributed by atoms with Gasteiger partial charge in [0, 0.05) is 0 Å². The molecule has 4 heteroatoms. The molecule has 2 rings (SSSR count). The van der Waals surface area contributed by atoms with E-state index in [1.165, 1.54) is 12.8 Å². The molecular weight excluding hydrogens is 364 g/mol.